The molecule has 0 unspecified atom stereocenters. The summed E-state index contributed by atoms with van der Waals surface area (Å²) >= 11 is 0. The second-order valence-electron chi connectivity index (χ2n) is 13.3. The highest BCUT2D eigenvalue weighted by molar-refractivity contribution is 6.02. The largest absolute Gasteiger partial charge is 0.507 e. The smallest absolute Gasteiger partial charge is 0.154 e. The summed E-state index contributed by atoms with van der Waals surface area (Å²) in [6, 6.07) is 19.9. The minimum atomic E-state index is 0.0445. The molecule has 0 aliphatic carbocycles. The van der Waals surface area contributed by atoms with E-state index in [-0.39, 0.29) is 11.5 Å². The summed E-state index contributed by atoms with van der Waals surface area (Å²) < 4.78 is 0. The van der Waals surface area contributed by atoms with Crippen LogP contribution in [0.3, 0.4) is 0 Å². The fraction of sp³-hybridized carbons (Fsp3) is 0.421. The fourth-order valence-electron chi connectivity index (χ4n) is 7.24. The van der Waals surface area contributed by atoms with Crippen molar-refractivity contribution in [2.75, 3.05) is 69.2 Å². The molecule has 0 aromatic heterocycles. The van der Waals surface area contributed by atoms with Crippen LogP contribution in [0.4, 0.5) is 11.4 Å². The number of benzene rings is 4. The van der Waals surface area contributed by atoms with E-state index in [1.54, 1.807) is 12.1 Å². The van der Waals surface area contributed by atoms with E-state index in [0.29, 0.717) is 11.1 Å². The number of phenols is 2. The van der Waals surface area contributed by atoms with Crippen molar-refractivity contribution in [3.63, 3.8) is 0 Å². The molecule has 46 heavy (non-hydrogen) atoms. The van der Waals surface area contributed by atoms with Crippen LogP contribution in [0.15, 0.2) is 60.7 Å². The Labute approximate surface area is 271 Å². The number of nitrogens with zero attached hydrogens (tertiary/aromatic N) is 4. The lowest BCUT2D eigenvalue weighted by atomic mass is 9.94. The predicted molar refractivity (Wildman–Crippen MR) is 187 cm³/mol. The number of likely N-dealkylation sites (N-methyl/N-ethyl adjacent to an activating group) is 1. The molecule has 7 rings (SSSR count). The zero-order valence-electron chi connectivity index (χ0n) is 27.1. The van der Waals surface area contributed by atoms with Crippen molar-refractivity contribution in [1.29, 1.82) is 0 Å². The maximum absolute atomic E-state index is 11.3. The number of carbonyl (C=O) groups is 2. The van der Waals surface area contributed by atoms with Gasteiger partial charge in [0.2, 0.25) is 0 Å². The SMILES string of the molecule is CC1CCN(C2CCN(c3ccc4c(C=O)c(O)ccc4c3)CC2)CC1.CN1CCN(c2ccc3ccc(O)c(C=O)c3c2)CC1. The van der Waals surface area contributed by atoms with E-state index < -0.39 is 0 Å². The van der Waals surface area contributed by atoms with E-state index in [2.05, 4.69) is 51.8 Å². The zero-order valence-corrected chi connectivity index (χ0v) is 27.1. The first-order valence-electron chi connectivity index (χ1n) is 16.7. The van der Waals surface area contributed by atoms with Gasteiger partial charge in [0.05, 0.1) is 11.1 Å². The van der Waals surface area contributed by atoms with Gasteiger partial charge in [-0.05, 0) is 110 Å². The summed E-state index contributed by atoms with van der Waals surface area (Å²) in [5.74, 6) is 0.986. The van der Waals surface area contributed by atoms with Crippen molar-refractivity contribution in [3.8, 4) is 11.5 Å². The van der Waals surface area contributed by atoms with Gasteiger partial charge in [0, 0.05) is 56.7 Å². The van der Waals surface area contributed by atoms with Gasteiger partial charge in [-0.25, -0.2) is 0 Å². The molecule has 4 aromatic carbocycles. The molecule has 3 aliphatic rings. The molecule has 8 nitrogen and oxygen atoms in total. The fourth-order valence-corrected chi connectivity index (χ4v) is 7.24. The van der Waals surface area contributed by atoms with Crippen molar-refractivity contribution in [1.82, 2.24) is 9.80 Å². The zero-order chi connectivity index (χ0) is 32.2. The number of aromatic hydroxyl groups is 2. The van der Waals surface area contributed by atoms with Crippen LogP contribution >= 0.6 is 0 Å². The standard InChI is InChI=1S/C22H28N2O2.C16H18N2O2/c1-16-6-10-23(11-7-16)18-8-12-24(13-9-18)19-3-4-20-17(14-19)2-5-22(26)21(20)15-25;1-17-6-8-18(9-7-17)13-4-2-12-3-5-16(20)15(11-19)14(12)10-13/h2-5,14-16,18,26H,6-13H2,1H3;2-5,10-11,20H,6-9H2,1H3. The lowest BCUT2D eigenvalue weighted by Gasteiger charge is -2.42. The van der Waals surface area contributed by atoms with Gasteiger partial charge < -0.3 is 29.8 Å². The average molecular weight is 623 g/mol. The molecule has 3 saturated heterocycles. The molecule has 3 aliphatic heterocycles. The van der Waals surface area contributed by atoms with Crippen molar-refractivity contribution in [2.24, 2.45) is 5.92 Å². The molecule has 3 heterocycles. The van der Waals surface area contributed by atoms with Crippen LogP contribution in [0.5, 0.6) is 11.5 Å². The third-order valence-electron chi connectivity index (χ3n) is 10.3. The Hall–Kier alpha value is -4.14. The van der Waals surface area contributed by atoms with E-state index in [0.717, 1.165) is 91.0 Å². The van der Waals surface area contributed by atoms with Gasteiger partial charge in [-0.15, -0.1) is 0 Å². The number of hydrogen-bond acceptors (Lipinski definition) is 8. The topological polar surface area (TPSA) is 87.6 Å². The molecule has 0 amide bonds. The molecule has 8 heteroatoms. The summed E-state index contributed by atoms with van der Waals surface area (Å²) in [5, 5.41) is 23.3. The number of piperazine rings is 1. The number of aldehydes is 2. The van der Waals surface area contributed by atoms with Crippen LogP contribution in [-0.2, 0) is 0 Å². The number of rotatable bonds is 5. The Morgan fingerprint density at radius 1 is 0.609 bits per heavy atom. The molecule has 0 spiro atoms. The van der Waals surface area contributed by atoms with E-state index in [1.807, 2.05) is 30.3 Å². The lowest BCUT2D eigenvalue weighted by Crippen LogP contribution is -2.47. The minimum absolute atomic E-state index is 0.0445. The van der Waals surface area contributed by atoms with Crippen LogP contribution in [0.1, 0.15) is 53.3 Å². The summed E-state index contributed by atoms with van der Waals surface area (Å²) in [5.41, 5.74) is 3.08. The Bertz CT molecular complexity index is 1680. The number of anilines is 2. The Morgan fingerprint density at radius 2 is 1.15 bits per heavy atom. The Morgan fingerprint density at radius 3 is 1.80 bits per heavy atom. The molecule has 242 valence electrons. The van der Waals surface area contributed by atoms with E-state index in [9.17, 15) is 19.8 Å². The molecule has 3 fully saturated rings. The number of hydrogen-bond donors (Lipinski definition) is 2. The van der Waals surface area contributed by atoms with Crippen LogP contribution in [0.25, 0.3) is 21.5 Å². The van der Waals surface area contributed by atoms with Gasteiger partial charge >= 0.3 is 0 Å². The first kappa shape index (κ1) is 31.8. The molecular weight excluding hydrogens is 576 g/mol. The Balaban J connectivity index is 0.000000167. The van der Waals surface area contributed by atoms with Gasteiger partial charge in [-0.1, -0.05) is 31.2 Å². The lowest BCUT2D eigenvalue weighted by molar-refractivity contribution is 0.111. The highest BCUT2D eigenvalue weighted by atomic mass is 16.3. The normalized spacial score (nSPS) is 18.8. The molecule has 0 bridgehead atoms. The second kappa shape index (κ2) is 14.1. The highest BCUT2D eigenvalue weighted by Crippen LogP contribution is 2.32. The molecule has 4 aromatic rings. The number of likely N-dealkylation sites (tertiary alicyclic amines) is 1. The highest BCUT2D eigenvalue weighted by Gasteiger charge is 2.27. The van der Waals surface area contributed by atoms with E-state index in [1.165, 1.54) is 44.5 Å². The summed E-state index contributed by atoms with van der Waals surface area (Å²) in [7, 11) is 2.13. The van der Waals surface area contributed by atoms with Gasteiger partial charge in [0.15, 0.2) is 12.6 Å². The molecule has 0 radical (unpaired) electrons. The molecule has 0 saturated carbocycles. The van der Waals surface area contributed by atoms with Gasteiger partial charge in [-0.2, -0.15) is 0 Å². The van der Waals surface area contributed by atoms with Crippen molar-refractivity contribution < 1.29 is 19.8 Å². The first-order valence-corrected chi connectivity index (χ1v) is 16.7. The van der Waals surface area contributed by atoms with Crippen LogP contribution in [0.2, 0.25) is 0 Å². The number of carbonyl (C=O) groups excluding carboxylic acids is 2. The van der Waals surface area contributed by atoms with Crippen LogP contribution < -0.4 is 9.80 Å². The summed E-state index contributed by atoms with van der Waals surface area (Å²) in [6.45, 7) is 11.1. The number of phenolic OH excluding ortho intramolecular Hbond substituents is 2. The van der Waals surface area contributed by atoms with Gasteiger partial charge in [0.1, 0.15) is 11.5 Å². The first-order chi connectivity index (χ1) is 22.3. The van der Waals surface area contributed by atoms with E-state index >= 15 is 0 Å². The molecule has 2 N–H and O–H groups in total. The van der Waals surface area contributed by atoms with Crippen LogP contribution in [0, 0.1) is 5.92 Å². The minimum Gasteiger partial charge on any atom is -0.507 e. The van der Waals surface area contributed by atoms with Gasteiger partial charge in [0.25, 0.3) is 0 Å². The third-order valence-corrected chi connectivity index (χ3v) is 10.3. The van der Waals surface area contributed by atoms with Crippen molar-refractivity contribution >= 4 is 45.5 Å². The average Bonchev–Trinajstić information content (AvgIpc) is 3.09. The monoisotopic (exact) mass is 622 g/mol. The van der Waals surface area contributed by atoms with Crippen molar-refractivity contribution in [3.05, 3.63) is 71.8 Å². The van der Waals surface area contributed by atoms with Crippen molar-refractivity contribution in [2.45, 2.75) is 38.6 Å². The van der Waals surface area contributed by atoms with E-state index in [4.69, 9.17) is 0 Å². The quantitative estimate of drug-likeness (QED) is 0.256. The maximum Gasteiger partial charge on any atom is 0.154 e. The number of piperidine rings is 2. The maximum atomic E-state index is 11.3. The van der Waals surface area contributed by atoms with Gasteiger partial charge in [-0.3, -0.25) is 9.59 Å². The third kappa shape index (κ3) is 6.83. The second-order valence-corrected chi connectivity index (χ2v) is 13.3. The summed E-state index contributed by atoms with van der Waals surface area (Å²) in [4.78, 5) is 32.2. The Kier molecular flexibility index (Phi) is 9.75. The predicted octanol–water partition coefficient (Wildman–Crippen LogP) is 6.17. The molecular formula is C38H46N4O4. The summed E-state index contributed by atoms with van der Waals surface area (Å²) in [6.07, 6.45) is 6.60. The molecule has 0 atom stereocenters. The van der Waals surface area contributed by atoms with Crippen LogP contribution in [-0.4, -0.2) is 98.0 Å². The number of fused-ring (bicyclic) bond motifs is 2.